The maximum absolute atomic E-state index is 13.5. The Bertz CT molecular complexity index is 1340. The first-order valence-electron chi connectivity index (χ1n) is 10.2. The molecular weight excluding hydrogens is 408 g/mol. The van der Waals surface area contributed by atoms with Crippen LogP contribution in [-0.4, -0.2) is 48.2 Å². The Kier molecular flexibility index (Phi) is 4.98. The molecule has 1 aromatic carbocycles. The summed E-state index contributed by atoms with van der Waals surface area (Å²) in [5.74, 6) is 0.848. The molecule has 0 aliphatic carbocycles. The standard InChI is InChI=1S/C23H20N6O3/c1-2-22(30)27-13-10-17(15-27)29-19-9-12-24-14-20(19)28(23(29)31)16-5-7-18(8-6-16)32-21-4-3-11-25-26-21/h2-9,11-12,14,17H,1,10,13,15H2. The monoisotopic (exact) mass is 428 g/mol. The molecule has 32 heavy (non-hydrogen) atoms. The molecule has 9 nitrogen and oxygen atoms in total. The predicted octanol–water partition coefficient (Wildman–Crippen LogP) is 2.73. The molecular formula is C23H20N6O3. The van der Waals surface area contributed by atoms with Gasteiger partial charge in [0, 0.05) is 31.5 Å². The van der Waals surface area contributed by atoms with Crippen molar-refractivity contribution in [3.8, 4) is 17.3 Å². The van der Waals surface area contributed by atoms with E-state index in [2.05, 4.69) is 21.8 Å². The molecule has 5 rings (SSSR count). The number of pyridine rings is 1. The first kappa shape index (κ1) is 19.7. The highest BCUT2D eigenvalue weighted by molar-refractivity contribution is 5.87. The lowest BCUT2D eigenvalue weighted by atomic mass is 10.2. The Balaban J connectivity index is 1.51. The first-order valence-corrected chi connectivity index (χ1v) is 10.2. The average Bonchev–Trinajstić information content (AvgIpc) is 3.42. The third kappa shape index (κ3) is 3.43. The zero-order valence-corrected chi connectivity index (χ0v) is 17.2. The van der Waals surface area contributed by atoms with Gasteiger partial charge in [0.2, 0.25) is 11.8 Å². The van der Waals surface area contributed by atoms with Gasteiger partial charge in [-0.15, -0.1) is 5.10 Å². The van der Waals surface area contributed by atoms with Crippen molar-refractivity contribution in [2.24, 2.45) is 0 Å². The molecule has 1 aliphatic heterocycles. The van der Waals surface area contributed by atoms with Gasteiger partial charge < -0.3 is 9.64 Å². The predicted molar refractivity (Wildman–Crippen MR) is 118 cm³/mol. The molecule has 1 amide bonds. The number of amides is 1. The summed E-state index contributed by atoms with van der Waals surface area (Å²) in [4.78, 5) is 31.5. The molecule has 0 N–H and O–H groups in total. The van der Waals surface area contributed by atoms with Crippen LogP contribution in [0.4, 0.5) is 0 Å². The van der Waals surface area contributed by atoms with Gasteiger partial charge in [-0.1, -0.05) is 6.58 Å². The van der Waals surface area contributed by atoms with E-state index < -0.39 is 0 Å². The molecule has 1 unspecified atom stereocenters. The topological polar surface area (TPSA) is 95.1 Å². The maximum atomic E-state index is 13.5. The van der Waals surface area contributed by atoms with Gasteiger partial charge in [-0.2, -0.15) is 5.10 Å². The fraction of sp³-hybridized carbons (Fsp3) is 0.174. The summed E-state index contributed by atoms with van der Waals surface area (Å²) in [5.41, 5.74) is 2.00. The number of aromatic nitrogens is 5. The van der Waals surface area contributed by atoms with Gasteiger partial charge in [-0.3, -0.25) is 18.9 Å². The first-order chi connectivity index (χ1) is 15.7. The van der Waals surface area contributed by atoms with Gasteiger partial charge in [-0.05, 0) is 48.9 Å². The summed E-state index contributed by atoms with van der Waals surface area (Å²) < 4.78 is 9.09. The van der Waals surface area contributed by atoms with E-state index in [9.17, 15) is 9.59 Å². The number of nitrogens with zero attached hydrogens (tertiary/aromatic N) is 6. The van der Waals surface area contributed by atoms with E-state index in [4.69, 9.17) is 4.74 Å². The van der Waals surface area contributed by atoms with Crippen LogP contribution in [0.5, 0.6) is 11.6 Å². The lowest BCUT2D eigenvalue weighted by Crippen LogP contribution is -2.31. The van der Waals surface area contributed by atoms with Crippen molar-refractivity contribution in [1.82, 2.24) is 29.2 Å². The normalized spacial score (nSPS) is 15.8. The van der Waals surface area contributed by atoms with Crippen LogP contribution in [-0.2, 0) is 4.79 Å². The third-order valence-electron chi connectivity index (χ3n) is 5.56. The SMILES string of the molecule is C=CC(=O)N1CCC(n2c(=O)n(-c3ccc(Oc4cccnn4)cc3)c3cnccc32)C1. The molecule has 4 aromatic rings. The quantitative estimate of drug-likeness (QED) is 0.454. The highest BCUT2D eigenvalue weighted by atomic mass is 16.5. The van der Waals surface area contributed by atoms with Crippen LogP contribution in [0, 0.1) is 0 Å². The van der Waals surface area contributed by atoms with Crippen molar-refractivity contribution in [3.63, 3.8) is 0 Å². The molecule has 1 atom stereocenters. The smallest absolute Gasteiger partial charge is 0.334 e. The van der Waals surface area contributed by atoms with Crippen molar-refractivity contribution in [3.05, 3.63) is 84.2 Å². The summed E-state index contributed by atoms with van der Waals surface area (Å²) in [5, 5.41) is 7.70. The summed E-state index contributed by atoms with van der Waals surface area (Å²) in [6.45, 7) is 4.62. The van der Waals surface area contributed by atoms with Gasteiger partial charge in [0.15, 0.2) is 0 Å². The molecule has 1 fully saturated rings. The summed E-state index contributed by atoms with van der Waals surface area (Å²) in [7, 11) is 0. The number of hydrogen-bond acceptors (Lipinski definition) is 6. The van der Waals surface area contributed by atoms with E-state index in [1.807, 2.05) is 18.2 Å². The van der Waals surface area contributed by atoms with E-state index in [0.29, 0.717) is 42.3 Å². The summed E-state index contributed by atoms with van der Waals surface area (Å²) >= 11 is 0. The number of imidazole rings is 1. The van der Waals surface area contributed by atoms with Crippen LogP contribution >= 0.6 is 0 Å². The third-order valence-corrected chi connectivity index (χ3v) is 5.56. The average molecular weight is 428 g/mol. The molecule has 9 heteroatoms. The number of ether oxygens (including phenoxy) is 1. The highest BCUT2D eigenvalue weighted by Gasteiger charge is 2.29. The molecule has 0 spiro atoms. The molecule has 1 saturated heterocycles. The number of benzene rings is 1. The van der Waals surface area contributed by atoms with E-state index in [1.54, 1.807) is 56.9 Å². The van der Waals surface area contributed by atoms with Gasteiger partial charge in [-0.25, -0.2) is 4.79 Å². The summed E-state index contributed by atoms with van der Waals surface area (Å²) in [6.07, 6.45) is 6.93. The van der Waals surface area contributed by atoms with Crippen LogP contribution in [0.3, 0.4) is 0 Å². The Labute approximate surface area is 183 Å². The van der Waals surface area contributed by atoms with Crippen molar-refractivity contribution in [2.45, 2.75) is 12.5 Å². The number of rotatable bonds is 5. The Morgan fingerprint density at radius 2 is 1.97 bits per heavy atom. The molecule has 160 valence electrons. The molecule has 1 aliphatic rings. The van der Waals surface area contributed by atoms with Crippen molar-refractivity contribution >= 4 is 16.9 Å². The fourth-order valence-corrected chi connectivity index (χ4v) is 4.08. The molecule has 0 bridgehead atoms. The Hall–Kier alpha value is -4.27. The van der Waals surface area contributed by atoms with E-state index in [-0.39, 0.29) is 17.6 Å². The largest absolute Gasteiger partial charge is 0.438 e. The molecule has 0 radical (unpaired) electrons. The minimum atomic E-state index is -0.173. The van der Waals surface area contributed by atoms with E-state index in [0.717, 1.165) is 5.52 Å². The number of carbonyl (C=O) groups is 1. The lowest BCUT2D eigenvalue weighted by molar-refractivity contribution is -0.125. The number of hydrogen-bond donors (Lipinski definition) is 0. The number of fused-ring (bicyclic) bond motifs is 1. The van der Waals surface area contributed by atoms with Crippen LogP contribution in [0.1, 0.15) is 12.5 Å². The fourth-order valence-electron chi connectivity index (χ4n) is 4.08. The second-order valence-electron chi connectivity index (χ2n) is 7.44. The van der Waals surface area contributed by atoms with Gasteiger partial charge >= 0.3 is 5.69 Å². The van der Waals surface area contributed by atoms with Gasteiger partial charge in [0.1, 0.15) is 5.75 Å². The highest BCUT2D eigenvalue weighted by Crippen LogP contribution is 2.27. The number of carbonyl (C=O) groups excluding carboxylic acids is 1. The van der Waals surface area contributed by atoms with Gasteiger partial charge in [0.25, 0.3) is 0 Å². The zero-order chi connectivity index (χ0) is 22.1. The van der Waals surface area contributed by atoms with Crippen molar-refractivity contribution < 1.29 is 9.53 Å². The minimum Gasteiger partial charge on any atom is -0.438 e. The summed E-state index contributed by atoms with van der Waals surface area (Å²) in [6, 6.07) is 12.3. The van der Waals surface area contributed by atoms with Crippen molar-refractivity contribution in [2.75, 3.05) is 13.1 Å². The molecule has 0 saturated carbocycles. The van der Waals surface area contributed by atoms with Crippen LogP contribution in [0.2, 0.25) is 0 Å². The Morgan fingerprint density at radius 3 is 2.72 bits per heavy atom. The van der Waals surface area contributed by atoms with Crippen LogP contribution < -0.4 is 10.4 Å². The second kappa shape index (κ2) is 8.10. The molecule has 4 heterocycles. The van der Waals surface area contributed by atoms with Crippen molar-refractivity contribution in [1.29, 1.82) is 0 Å². The zero-order valence-electron chi connectivity index (χ0n) is 17.2. The van der Waals surface area contributed by atoms with Crippen LogP contribution in [0.25, 0.3) is 16.7 Å². The molecule has 3 aromatic heterocycles. The maximum Gasteiger partial charge on any atom is 0.334 e. The van der Waals surface area contributed by atoms with Crippen LogP contribution in [0.15, 0.2) is 78.5 Å². The minimum absolute atomic E-state index is 0.114. The lowest BCUT2D eigenvalue weighted by Gasteiger charge is -2.15. The number of likely N-dealkylation sites (tertiary alicyclic amines) is 1. The van der Waals surface area contributed by atoms with E-state index >= 15 is 0 Å². The second-order valence-corrected chi connectivity index (χ2v) is 7.44. The van der Waals surface area contributed by atoms with Gasteiger partial charge in [0.05, 0.1) is 29.0 Å². The Morgan fingerprint density at radius 1 is 1.12 bits per heavy atom. The van der Waals surface area contributed by atoms with E-state index in [1.165, 1.54) is 6.08 Å².